The van der Waals surface area contributed by atoms with E-state index in [1.165, 1.54) is 37.8 Å². The smallest absolute Gasteiger partial charge is 0.300 e. The molecule has 1 aromatic rings. The zero-order valence-corrected chi connectivity index (χ0v) is 14.3. The van der Waals surface area contributed by atoms with Crippen molar-refractivity contribution >= 4 is 0 Å². The van der Waals surface area contributed by atoms with Gasteiger partial charge in [-0.3, -0.25) is 0 Å². The first-order chi connectivity index (χ1) is 11.4. The highest BCUT2D eigenvalue weighted by molar-refractivity contribution is 5.35. The van der Waals surface area contributed by atoms with Gasteiger partial charge in [0.25, 0.3) is 0 Å². The van der Waals surface area contributed by atoms with Gasteiger partial charge in [-0.15, -0.1) is 0 Å². The number of aryl methyl sites for hydroxylation is 1. The Kier molecular flexibility index (Phi) is 4.14. The molecule has 0 aromatic heterocycles. The summed E-state index contributed by atoms with van der Waals surface area (Å²) in [5.41, 5.74) is 1.41. The molecule has 24 heavy (non-hydrogen) atoms. The molecule has 4 rings (SSSR count). The fourth-order valence-corrected chi connectivity index (χ4v) is 5.46. The van der Waals surface area contributed by atoms with E-state index in [-0.39, 0.29) is 5.92 Å². The van der Waals surface area contributed by atoms with Gasteiger partial charge in [0.15, 0.2) is 0 Å². The Morgan fingerprint density at radius 3 is 2.33 bits per heavy atom. The average Bonchev–Trinajstić information content (AvgIpc) is 3.17. The average molecular weight is 337 g/mol. The van der Waals surface area contributed by atoms with Crippen molar-refractivity contribution in [2.24, 2.45) is 11.8 Å². The summed E-state index contributed by atoms with van der Waals surface area (Å²) in [5, 5.41) is 0. The number of halogens is 3. The number of nitrogens with zero attached hydrogens (tertiary/aromatic N) is 1. The molecule has 1 nitrogen and oxygen atoms in total. The van der Waals surface area contributed by atoms with E-state index >= 15 is 0 Å². The van der Waals surface area contributed by atoms with Crippen molar-refractivity contribution in [1.82, 2.24) is 4.90 Å². The van der Waals surface area contributed by atoms with E-state index in [4.69, 9.17) is 0 Å². The van der Waals surface area contributed by atoms with Crippen LogP contribution in [0.1, 0.15) is 61.1 Å². The molecule has 132 valence electrons. The van der Waals surface area contributed by atoms with Crippen molar-refractivity contribution in [3.8, 4) is 0 Å². The first kappa shape index (κ1) is 16.4. The van der Waals surface area contributed by atoms with Crippen LogP contribution < -0.4 is 0 Å². The molecule has 1 aliphatic heterocycles. The van der Waals surface area contributed by atoms with E-state index < -0.39 is 11.7 Å². The minimum Gasteiger partial charge on any atom is -0.300 e. The van der Waals surface area contributed by atoms with E-state index in [2.05, 4.69) is 4.90 Å². The summed E-state index contributed by atoms with van der Waals surface area (Å²) in [5.74, 6) is 2.12. The predicted molar refractivity (Wildman–Crippen MR) is 89.0 cm³/mol. The molecular formula is C20H26F3N. The van der Waals surface area contributed by atoms with E-state index in [1.54, 1.807) is 6.07 Å². The van der Waals surface area contributed by atoms with Crippen LogP contribution in [-0.2, 0) is 6.18 Å². The lowest BCUT2D eigenvalue weighted by Gasteiger charge is -2.40. The second-order valence-corrected chi connectivity index (χ2v) is 8.12. The summed E-state index contributed by atoms with van der Waals surface area (Å²) in [4.78, 5) is 2.64. The number of hydrogen-bond acceptors (Lipinski definition) is 1. The van der Waals surface area contributed by atoms with Crippen molar-refractivity contribution in [3.63, 3.8) is 0 Å². The summed E-state index contributed by atoms with van der Waals surface area (Å²) >= 11 is 0. The van der Waals surface area contributed by atoms with Crippen molar-refractivity contribution in [2.45, 2.75) is 63.6 Å². The number of rotatable bonds is 2. The van der Waals surface area contributed by atoms with E-state index in [9.17, 15) is 13.2 Å². The third-order valence-corrected chi connectivity index (χ3v) is 6.75. The number of alkyl halides is 3. The maximum absolute atomic E-state index is 13.0. The van der Waals surface area contributed by atoms with Gasteiger partial charge in [-0.05, 0) is 93.1 Å². The van der Waals surface area contributed by atoms with Crippen LogP contribution in [0.15, 0.2) is 18.2 Å². The van der Waals surface area contributed by atoms with Gasteiger partial charge in [-0.25, -0.2) is 0 Å². The highest BCUT2D eigenvalue weighted by atomic mass is 19.4. The third kappa shape index (κ3) is 2.98. The fraction of sp³-hybridized carbons (Fsp3) is 0.700. The Morgan fingerprint density at radius 1 is 1.00 bits per heavy atom. The van der Waals surface area contributed by atoms with Gasteiger partial charge >= 0.3 is 6.18 Å². The van der Waals surface area contributed by atoms with Gasteiger partial charge in [0.2, 0.25) is 0 Å². The van der Waals surface area contributed by atoms with Gasteiger partial charge < -0.3 is 4.90 Å². The maximum atomic E-state index is 13.0. The van der Waals surface area contributed by atoms with Crippen LogP contribution in [0.4, 0.5) is 13.2 Å². The Bertz CT molecular complexity index is 601. The van der Waals surface area contributed by atoms with Crippen LogP contribution in [0, 0.1) is 18.8 Å². The number of piperidine rings is 1. The van der Waals surface area contributed by atoms with Crippen molar-refractivity contribution < 1.29 is 13.2 Å². The lowest BCUT2D eigenvalue weighted by molar-refractivity contribution is -0.137. The Labute approximate surface area is 142 Å². The molecule has 0 spiro atoms. The molecule has 3 aliphatic rings. The molecule has 2 aliphatic carbocycles. The molecule has 2 saturated carbocycles. The summed E-state index contributed by atoms with van der Waals surface area (Å²) in [6.45, 7) is 4.04. The number of benzene rings is 1. The third-order valence-electron chi connectivity index (χ3n) is 6.75. The van der Waals surface area contributed by atoms with Gasteiger partial charge in [-0.1, -0.05) is 12.5 Å². The molecule has 1 saturated heterocycles. The zero-order valence-electron chi connectivity index (χ0n) is 14.3. The number of fused-ring (bicyclic) bond motifs is 2. The highest BCUT2D eigenvalue weighted by Crippen LogP contribution is 2.47. The summed E-state index contributed by atoms with van der Waals surface area (Å²) < 4.78 is 39.0. The topological polar surface area (TPSA) is 3.24 Å². The lowest BCUT2D eigenvalue weighted by Crippen LogP contribution is -2.43. The maximum Gasteiger partial charge on any atom is 0.416 e. The molecule has 3 atom stereocenters. The number of likely N-dealkylation sites (tertiary alicyclic amines) is 1. The molecule has 1 aromatic carbocycles. The van der Waals surface area contributed by atoms with Gasteiger partial charge in [0.1, 0.15) is 0 Å². The summed E-state index contributed by atoms with van der Waals surface area (Å²) in [6, 6.07) is 5.00. The fourth-order valence-electron chi connectivity index (χ4n) is 5.46. The largest absolute Gasteiger partial charge is 0.416 e. The molecule has 4 heteroatoms. The van der Waals surface area contributed by atoms with Gasteiger partial charge in [0, 0.05) is 6.04 Å². The molecule has 0 N–H and O–H groups in total. The van der Waals surface area contributed by atoms with Crippen LogP contribution in [0.25, 0.3) is 0 Å². The quantitative estimate of drug-likeness (QED) is 0.700. The lowest BCUT2D eigenvalue weighted by atomic mass is 9.84. The van der Waals surface area contributed by atoms with E-state index in [1.807, 2.05) is 6.92 Å². The molecule has 1 heterocycles. The normalized spacial score (nSPS) is 31.8. The Hall–Kier alpha value is -1.03. The standard InChI is InChI=1S/C20H26F3N/c1-13-2-5-17(20(21,22)23)12-18(13)15-6-8-24(9-7-15)19-11-14-3-4-16(19)10-14/h2,5,12,14-16,19H,3-4,6-11H2,1H3/t14-,16?,19?/m0/s1. The van der Waals surface area contributed by atoms with Crippen molar-refractivity contribution in [3.05, 3.63) is 34.9 Å². The molecule has 0 radical (unpaired) electrons. The minimum atomic E-state index is -4.24. The molecular weight excluding hydrogens is 311 g/mol. The van der Waals surface area contributed by atoms with Gasteiger partial charge in [-0.2, -0.15) is 13.2 Å². The SMILES string of the molecule is Cc1ccc(C(F)(F)F)cc1C1CCN(C2C[C@H]3CCC2C3)CC1. The van der Waals surface area contributed by atoms with Gasteiger partial charge in [0.05, 0.1) is 5.56 Å². The minimum absolute atomic E-state index is 0.280. The highest BCUT2D eigenvalue weighted by Gasteiger charge is 2.43. The molecule has 3 fully saturated rings. The number of hydrogen-bond donors (Lipinski definition) is 0. The van der Waals surface area contributed by atoms with Crippen molar-refractivity contribution in [2.75, 3.05) is 13.1 Å². The van der Waals surface area contributed by atoms with E-state index in [0.717, 1.165) is 54.9 Å². The van der Waals surface area contributed by atoms with E-state index in [0.29, 0.717) is 0 Å². The van der Waals surface area contributed by atoms with Crippen LogP contribution >= 0.6 is 0 Å². The monoisotopic (exact) mass is 337 g/mol. The van der Waals surface area contributed by atoms with Crippen LogP contribution in [0.2, 0.25) is 0 Å². The zero-order chi connectivity index (χ0) is 16.9. The first-order valence-corrected chi connectivity index (χ1v) is 9.33. The first-order valence-electron chi connectivity index (χ1n) is 9.33. The molecule has 2 bridgehead atoms. The Morgan fingerprint density at radius 2 is 1.75 bits per heavy atom. The summed E-state index contributed by atoms with van der Waals surface area (Å²) in [7, 11) is 0. The van der Waals surface area contributed by atoms with Crippen molar-refractivity contribution in [1.29, 1.82) is 0 Å². The second kappa shape index (κ2) is 6.05. The summed E-state index contributed by atoms with van der Waals surface area (Å²) in [6.07, 6.45) is 3.33. The second-order valence-electron chi connectivity index (χ2n) is 8.12. The van der Waals surface area contributed by atoms with Crippen LogP contribution in [0.3, 0.4) is 0 Å². The van der Waals surface area contributed by atoms with Crippen LogP contribution in [0.5, 0.6) is 0 Å². The van der Waals surface area contributed by atoms with Crippen LogP contribution in [-0.4, -0.2) is 24.0 Å². The molecule has 0 amide bonds. The Balaban J connectivity index is 1.44. The molecule has 2 unspecified atom stereocenters. The predicted octanol–water partition coefficient (Wildman–Crippen LogP) is 5.38.